The molecule has 182 valence electrons. The van der Waals surface area contributed by atoms with Crippen LogP contribution in [0.5, 0.6) is 5.75 Å². The number of aryl methyl sites for hydroxylation is 1. The van der Waals surface area contributed by atoms with Gasteiger partial charge in [-0.2, -0.15) is 0 Å². The number of nitrogens with one attached hydrogen (secondary N) is 1. The number of rotatable bonds is 7. The van der Waals surface area contributed by atoms with Gasteiger partial charge in [-0.1, -0.05) is 55.0 Å². The summed E-state index contributed by atoms with van der Waals surface area (Å²) in [5.74, 6) is 0.0538. The van der Waals surface area contributed by atoms with E-state index in [1.807, 2.05) is 49.1 Å². The second kappa shape index (κ2) is 10.7. The van der Waals surface area contributed by atoms with E-state index in [-0.39, 0.29) is 30.2 Å². The van der Waals surface area contributed by atoms with E-state index < -0.39 is 6.10 Å². The Morgan fingerprint density at radius 1 is 1.11 bits per heavy atom. The molecule has 0 aromatic heterocycles. The fourth-order valence-corrected chi connectivity index (χ4v) is 4.58. The lowest BCUT2D eigenvalue weighted by molar-refractivity contribution is -0.133. The van der Waals surface area contributed by atoms with E-state index in [2.05, 4.69) is 17.4 Å². The molecular formula is C29H31FN2O3. The third-order valence-electron chi connectivity index (χ3n) is 6.36. The van der Waals surface area contributed by atoms with Gasteiger partial charge in [0.05, 0.1) is 6.04 Å². The molecule has 4 rings (SSSR count). The molecule has 0 aliphatic carbocycles. The molecule has 1 N–H and O–H groups in total. The van der Waals surface area contributed by atoms with Crippen LogP contribution < -0.4 is 10.1 Å². The van der Waals surface area contributed by atoms with Crippen molar-refractivity contribution in [1.82, 2.24) is 10.2 Å². The van der Waals surface area contributed by atoms with Crippen LogP contribution in [0.25, 0.3) is 0 Å². The normalized spacial score (nSPS) is 15.8. The molecule has 0 radical (unpaired) electrons. The molecule has 0 bridgehead atoms. The van der Waals surface area contributed by atoms with Crippen molar-refractivity contribution in [2.75, 3.05) is 6.54 Å². The molecule has 0 spiro atoms. The maximum absolute atomic E-state index is 13.4. The van der Waals surface area contributed by atoms with E-state index in [0.29, 0.717) is 24.3 Å². The van der Waals surface area contributed by atoms with Gasteiger partial charge >= 0.3 is 0 Å². The van der Waals surface area contributed by atoms with Gasteiger partial charge in [-0.3, -0.25) is 9.59 Å². The monoisotopic (exact) mass is 474 g/mol. The van der Waals surface area contributed by atoms with E-state index in [9.17, 15) is 14.0 Å². The Hall–Kier alpha value is -3.67. The molecular weight excluding hydrogens is 443 g/mol. The molecule has 2 unspecified atom stereocenters. The van der Waals surface area contributed by atoms with Crippen LogP contribution in [0.1, 0.15) is 54.1 Å². The van der Waals surface area contributed by atoms with E-state index >= 15 is 0 Å². The molecule has 3 aromatic carbocycles. The van der Waals surface area contributed by atoms with E-state index in [1.54, 1.807) is 19.1 Å². The maximum atomic E-state index is 13.4. The zero-order valence-corrected chi connectivity index (χ0v) is 20.4. The minimum Gasteiger partial charge on any atom is -0.481 e. The molecule has 1 aliphatic heterocycles. The Bertz CT molecular complexity index is 1230. The third-order valence-corrected chi connectivity index (χ3v) is 6.36. The van der Waals surface area contributed by atoms with Gasteiger partial charge in [0, 0.05) is 19.5 Å². The quantitative estimate of drug-likeness (QED) is 0.518. The van der Waals surface area contributed by atoms with Crippen LogP contribution in [0.15, 0.2) is 66.7 Å². The molecule has 3 aromatic rings. The van der Waals surface area contributed by atoms with Crippen LogP contribution in [-0.4, -0.2) is 29.4 Å². The van der Waals surface area contributed by atoms with Crippen LogP contribution in [0.3, 0.4) is 0 Å². The zero-order valence-electron chi connectivity index (χ0n) is 20.4. The van der Waals surface area contributed by atoms with Crippen molar-refractivity contribution >= 4 is 11.8 Å². The number of amides is 2. The number of carbonyl (C=O) groups excluding carboxylic acids is 2. The number of hydrogen-bond donors (Lipinski definition) is 1. The van der Waals surface area contributed by atoms with Crippen LogP contribution >= 0.6 is 0 Å². The average Bonchev–Trinajstić information content (AvgIpc) is 2.86. The predicted octanol–water partition coefficient (Wildman–Crippen LogP) is 5.10. The van der Waals surface area contributed by atoms with E-state index in [1.165, 1.54) is 17.7 Å². The zero-order chi connectivity index (χ0) is 24.9. The van der Waals surface area contributed by atoms with Gasteiger partial charge in [0.1, 0.15) is 11.6 Å². The Kier molecular flexibility index (Phi) is 7.49. The summed E-state index contributed by atoms with van der Waals surface area (Å²) in [5, 5.41) is 2.80. The van der Waals surface area contributed by atoms with Crippen molar-refractivity contribution in [1.29, 1.82) is 0 Å². The first-order chi connectivity index (χ1) is 16.9. The number of fused-ring (bicyclic) bond motifs is 1. The first-order valence-corrected chi connectivity index (χ1v) is 12.0. The van der Waals surface area contributed by atoms with Gasteiger partial charge in [0.2, 0.25) is 5.91 Å². The highest BCUT2D eigenvalue weighted by molar-refractivity contribution is 5.80. The number of ether oxygens (including phenoxy) is 1. The molecule has 35 heavy (non-hydrogen) atoms. The fraction of sp³-hybridized carbons (Fsp3) is 0.310. The summed E-state index contributed by atoms with van der Waals surface area (Å²) in [5.41, 5.74) is 5.07. The Balaban J connectivity index is 1.54. The number of carbonyl (C=O) groups is 2. The van der Waals surface area contributed by atoms with Crippen molar-refractivity contribution in [3.8, 4) is 5.75 Å². The average molecular weight is 475 g/mol. The Morgan fingerprint density at radius 2 is 1.91 bits per heavy atom. The van der Waals surface area contributed by atoms with Crippen LogP contribution in [0.4, 0.5) is 4.39 Å². The summed E-state index contributed by atoms with van der Waals surface area (Å²) < 4.78 is 19.4. The number of halogens is 1. The summed E-state index contributed by atoms with van der Waals surface area (Å²) in [6.07, 6.45) is 0.472. The molecule has 0 fully saturated rings. The molecule has 0 saturated carbocycles. The number of benzene rings is 3. The largest absolute Gasteiger partial charge is 0.481 e. The maximum Gasteiger partial charge on any atom is 0.261 e. The highest BCUT2D eigenvalue weighted by Gasteiger charge is 2.32. The minimum atomic E-state index is -0.740. The second-order valence-electron chi connectivity index (χ2n) is 8.98. The summed E-state index contributed by atoms with van der Waals surface area (Å²) in [7, 11) is 0. The topological polar surface area (TPSA) is 58.6 Å². The highest BCUT2D eigenvalue weighted by Crippen LogP contribution is 2.38. The van der Waals surface area contributed by atoms with E-state index in [4.69, 9.17) is 4.74 Å². The highest BCUT2D eigenvalue weighted by atomic mass is 19.1. The third kappa shape index (κ3) is 5.70. The van der Waals surface area contributed by atoms with Gasteiger partial charge in [0.15, 0.2) is 6.10 Å². The molecule has 1 aliphatic rings. The van der Waals surface area contributed by atoms with Crippen molar-refractivity contribution in [2.24, 2.45) is 0 Å². The number of nitrogens with zero attached hydrogens (tertiary/aromatic N) is 1. The van der Waals surface area contributed by atoms with Crippen LogP contribution in [0, 0.1) is 12.7 Å². The van der Waals surface area contributed by atoms with Gasteiger partial charge in [-0.25, -0.2) is 4.39 Å². The Morgan fingerprint density at radius 3 is 2.66 bits per heavy atom. The first kappa shape index (κ1) is 24.5. The van der Waals surface area contributed by atoms with Crippen molar-refractivity contribution in [3.05, 3.63) is 100 Å². The summed E-state index contributed by atoms with van der Waals surface area (Å²) >= 11 is 0. The summed E-state index contributed by atoms with van der Waals surface area (Å²) in [4.78, 5) is 27.4. The van der Waals surface area contributed by atoms with Gasteiger partial charge in [-0.15, -0.1) is 0 Å². The molecule has 5 nitrogen and oxygen atoms in total. The summed E-state index contributed by atoms with van der Waals surface area (Å²) in [6, 6.07) is 20.0. The van der Waals surface area contributed by atoms with Gasteiger partial charge in [0.25, 0.3) is 5.91 Å². The first-order valence-electron chi connectivity index (χ1n) is 12.0. The lowest BCUT2D eigenvalue weighted by atomic mass is 9.87. The number of hydrogen-bond acceptors (Lipinski definition) is 3. The van der Waals surface area contributed by atoms with Crippen LogP contribution in [-0.2, 0) is 22.6 Å². The minimum absolute atomic E-state index is 0.110. The smallest absolute Gasteiger partial charge is 0.261 e. The van der Waals surface area contributed by atoms with E-state index in [0.717, 1.165) is 23.1 Å². The van der Waals surface area contributed by atoms with Crippen molar-refractivity contribution in [3.63, 3.8) is 0 Å². The van der Waals surface area contributed by atoms with Gasteiger partial charge < -0.3 is 15.0 Å². The predicted molar refractivity (Wildman–Crippen MR) is 134 cm³/mol. The Labute approximate surface area is 205 Å². The van der Waals surface area contributed by atoms with Gasteiger partial charge in [-0.05, 0) is 66.8 Å². The molecule has 6 heteroatoms. The SMILES string of the molecule is CCC(=O)N1CCc2ccc(OC(C)C(=O)NCc3cccc(F)c3)cc2C1c1cccc(C)c1. The molecule has 2 atom stereocenters. The second-order valence-corrected chi connectivity index (χ2v) is 8.98. The van der Waals surface area contributed by atoms with Crippen molar-refractivity contribution < 1.29 is 18.7 Å². The lowest BCUT2D eigenvalue weighted by Gasteiger charge is -2.38. The van der Waals surface area contributed by atoms with Crippen molar-refractivity contribution in [2.45, 2.75) is 52.3 Å². The molecule has 1 heterocycles. The lowest BCUT2D eigenvalue weighted by Crippen LogP contribution is -2.40. The molecule has 2 amide bonds. The molecule has 0 saturated heterocycles. The fourth-order valence-electron chi connectivity index (χ4n) is 4.58. The standard InChI is InChI=1S/C29H31FN2O3/c1-4-27(33)32-14-13-22-11-12-25(17-26(22)28(32)23-9-5-7-19(2)15-23)35-20(3)29(34)31-18-21-8-6-10-24(30)16-21/h5-12,15-17,20,28H,4,13-14,18H2,1-3H3,(H,31,34). The van der Waals surface area contributed by atoms with Crippen LogP contribution in [0.2, 0.25) is 0 Å². The summed E-state index contributed by atoms with van der Waals surface area (Å²) in [6.45, 7) is 6.50.